The molecule has 0 spiro atoms. The summed E-state index contributed by atoms with van der Waals surface area (Å²) in [5, 5.41) is 0. The molecular formula is C18H25F3N2O4SSi2. The molecule has 2 rings (SSSR count). The van der Waals surface area contributed by atoms with Gasteiger partial charge in [-0.15, -0.1) is 0 Å². The lowest BCUT2D eigenvalue weighted by Crippen LogP contribution is -2.33. The summed E-state index contributed by atoms with van der Waals surface area (Å²) in [7, 11) is -9.55. The fourth-order valence-corrected chi connectivity index (χ4v) is 5.26. The van der Waals surface area contributed by atoms with E-state index in [1.165, 1.54) is 24.3 Å². The number of nitrogens with zero attached hydrogens (tertiary/aromatic N) is 2. The minimum atomic E-state index is -5.06. The molecule has 6 nitrogen and oxygen atoms in total. The van der Waals surface area contributed by atoms with Gasteiger partial charge >= 0.3 is 12.2 Å². The number of alkyl halides is 3. The van der Waals surface area contributed by atoms with Crippen LogP contribution in [-0.4, -0.2) is 35.0 Å². The van der Waals surface area contributed by atoms with Gasteiger partial charge in [-0.25, -0.2) is 8.42 Å². The van der Waals surface area contributed by atoms with Crippen molar-refractivity contribution in [3.8, 4) is 11.9 Å². The highest BCUT2D eigenvalue weighted by atomic mass is 32.2. The lowest BCUT2D eigenvalue weighted by atomic mass is 10.2. The summed E-state index contributed by atoms with van der Waals surface area (Å²) in [5.41, 5.74) is -0.835. The van der Waals surface area contributed by atoms with Gasteiger partial charge in [-0.1, -0.05) is 17.7 Å². The van der Waals surface area contributed by atoms with Crippen LogP contribution in [0, 0.1) is 6.92 Å². The standard InChI is InChI=1S/C18H25F3N2O4SSi2/c1-12-8-10-13(11-9-12)28(24,25)14-15(18(19,20)21)22-17(27-30(5,6)7)23-16(14)26-29(2,3)4/h8-11H,1-7H3. The fourth-order valence-electron chi connectivity index (χ4n) is 2.36. The van der Waals surface area contributed by atoms with Crippen LogP contribution in [0.25, 0.3) is 0 Å². The Morgan fingerprint density at radius 3 is 1.80 bits per heavy atom. The second-order valence-corrected chi connectivity index (χ2v) is 19.5. The van der Waals surface area contributed by atoms with Crippen molar-refractivity contribution in [2.75, 3.05) is 0 Å². The Balaban J connectivity index is 2.88. The average molecular weight is 479 g/mol. The molecule has 0 unspecified atom stereocenters. The first-order valence-electron chi connectivity index (χ1n) is 9.09. The molecule has 1 aromatic heterocycles. The van der Waals surface area contributed by atoms with Gasteiger partial charge in [0, 0.05) is 0 Å². The van der Waals surface area contributed by atoms with Crippen LogP contribution in [0.4, 0.5) is 13.2 Å². The van der Waals surface area contributed by atoms with Crippen molar-refractivity contribution in [3.63, 3.8) is 0 Å². The number of hydrogen-bond donors (Lipinski definition) is 0. The predicted octanol–water partition coefficient (Wildman–Crippen LogP) is 5.06. The average Bonchev–Trinajstić information content (AvgIpc) is 2.50. The molecule has 1 heterocycles. The first kappa shape index (κ1) is 24.3. The summed E-state index contributed by atoms with van der Waals surface area (Å²) in [6, 6.07) is 4.95. The maximum Gasteiger partial charge on any atom is 0.435 e. The number of rotatable bonds is 6. The Labute approximate surface area is 176 Å². The number of benzene rings is 1. The van der Waals surface area contributed by atoms with Gasteiger partial charge in [0.2, 0.25) is 32.4 Å². The Kier molecular flexibility index (Phi) is 6.46. The van der Waals surface area contributed by atoms with Crippen LogP contribution in [-0.2, 0) is 16.0 Å². The molecule has 2 aromatic rings. The van der Waals surface area contributed by atoms with Gasteiger partial charge in [0.1, 0.15) is 0 Å². The highest BCUT2D eigenvalue weighted by molar-refractivity contribution is 7.91. The van der Waals surface area contributed by atoms with Crippen LogP contribution in [0.5, 0.6) is 11.9 Å². The van der Waals surface area contributed by atoms with Gasteiger partial charge in [0.25, 0.3) is 0 Å². The smallest absolute Gasteiger partial charge is 0.435 e. The van der Waals surface area contributed by atoms with E-state index in [2.05, 4.69) is 9.97 Å². The monoisotopic (exact) mass is 478 g/mol. The minimum Gasteiger partial charge on any atom is -0.530 e. The number of aryl methyl sites for hydroxylation is 1. The molecule has 0 amide bonds. The van der Waals surface area contributed by atoms with Gasteiger partial charge < -0.3 is 8.85 Å². The minimum absolute atomic E-state index is 0.304. The number of halogens is 3. The molecule has 1 aromatic carbocycles. The van der Waals surface area contributed by atoms with E-state index in [0.29, 0.717) is 0 Å². The summed E-state index contributed by atoms with van der Waals surface area (Å²) < 4.78 is 79.5. The summed E-state index contributed by atoms with van der Waals surface area (Å²) in [6.45, 7) is 12.1. The molecule has 0 aliphatic rings. The SMILES string of the molecule is Cc1ccc(S(=O)(=O)c2c(O[Si](C)(C)C)nc(O[Si](C)(C)C)nc2C(F)(F)F)cc1. The van der Waals surface area contributed by atoms with Gasteiger partial charge in [0.05, 0.1) is 4.90 Å². The summed E-state index contributed by atoms with van der Waals surface area (Å²) in [5.74, 6) is -0.634. The predicted molar refractivity (Wildman–Crippen MR) is 112 cm³/mol. The Hall–Kier alpha value is -1.93. The van der Waals surface area contributed by atoms with E-state index in [9.17, 15) is 21.6 Å². The molecule has 0 radical (unpaired) electrons. The quantitative estimate of drug-likeness (QED) is 0.540. The van der Waals surface area contributed by atoms with Crippen LogP contribution in [0.3, 0.4) is 0 Å². The molecule has 0 N–H and O–H groups in total. The van der Waals surface area contributed by atoms with Crippen molar-refractivity contribution in [1.82, 2.24) is 9.97 Å². The van der Waals surface area contributed by atoms with E-state index in [-0.39, 0.29) is 4.90 Å². The number of hydrogen-bond acceptors (Lipinski definition) is 6. The molecule has 0 bridgehead atoms. The topological polar surface area (TPSA) is 78.4 Å². The van der Waals surface area contributed by atoms with E-state index < -0.39 is 55.1 Å². The molecular weight excluding hydrogens is 453 g/mol. The second kappa shape index (κ2) is 7.96. The highest BCUT2D eigenvalue weighted by Gasteiger charge is 2.44. The third-order valence-corrected chi connectivity index (χ3v) is 6.88. The van der Waals surface area contributed by atoms with Crippen molar-refractivity contribution < 1.29 is 30.4 Å². The lowest BCUT2D eigenvalue weighted by molar-refractivity contribution is -0.144. The van der Waals surface area contributed by atoms with E-state index in [1.54, 1.807) is 46.2 Å². The normalized spacial score (nSPS) is 13.3. The van der Waals surface area contributed by atoms with Crippen molar-refractivity contribution in [1.29, 1.82) is 0 Å². The van der Waals surface area contributed by atoms with Crippen LogP contribution >= 0.6 is 0 Å². The Bertz CT molecular complexity index is 1030. The third kappa shape index (κ3) is 6.05. The second-order valence-electron chi connectivity index (χ2n) is 8.73. The fraction of sp³-hybridized carbons (Fsp3) is 0.444. The van der Waals surface area contributed by atoms with Gasteiger partial charge in [0.15, 0.2) is 10.6 Å². The van der Waals surface area contributed by atoms with E-state index >= 15 is 0 Å². The molecule has 0 saturated carbocycles. The number of sulfone groups is 1. The van der Waals surface area contributed by atoms with Crippen molar-refractivity contribution >= 4 is 26.5 Å². The van der Waals surface area contributed by atoms with Crippen molar-refractivity contribution in [3.05, 3.63) is 35.5 Å². The van der Waals surface area contributed by atoms with Crippen LogP contribution in [0.15, 0.2) is 34.1 Å². The summed E-state index contributed by atoms with van der Waals surface area (Å²) >= 11 is 0. The highest BCUT2D eigenvalue weighted by Crippen LogP contribution is 2.41. The van der Waals surface area contributed by atoms with Crippen LogP contribution in [0.1, 0.15) is 11.3 Å². The molecule has 0 aliphatic carbocycles. The largest absolute Gasteiger partial charge is 0.530 e. The molecule has 0 fully saturated rings. The van der Waals surface area contributed by atoms with E-state index in [1.807, 2.05) is 0 Å². The zero-order valence-electron chi connectivity index (χ0n) is 17.9. The van der Waals surface area contributed by atoms with Gasteiger partial charge in [-0.2, -0.15) is 23.1 Å². The maximum atomic E-state index is 13.9. The molecule has 166 valence electrons. The summed E-state index contributed by atoms with van der Waals surface area (Å²) in [4.78, 5) is 6.03. The molecule has 0 atom stereocenters. The van der Waals surface area contributed by atoms with Gasteiger partial charge in [-0.3, -0.25) is 0 Å². The zero-order valence-corrected chi connectivity index (χ0v) is 20.7. The van der Waals surface area contributed by atoms with Crippen molar-refractivity contribution in [2.45, 2.75) is 62.2 Å². The third-order valence-electron chi connectivity index (χ3n) is 3.48. The molecule has 12 heteroatoms. The first-order valence-corrected chi connectivity index (χ1v) is 17.4. The maximum absolute atomic E-state index is 13.9. The Morgan fingerprint density at radius 1 is 0.867 bits per heavy atom. The Morgan fingerprint density at radius 2 is 1.37 bits per heavy atom. The van der Waals surface area contributed by atoms with E-state index in [4.69, 9.17) is 8.85 Å². The lowest BCUT2D eigenvalue weighted by Gasteiger charge is -2.24. The van der Waals surface area contributed by atoms with Crippen LogP contribution in [0.2, 0.25) is 39.3 Å². The zero-order chi connectivity index (χ0) is 23.1. The number of aromatic nitrogens is 2. The van der Waals surface area contributed by atoms with Crippen LogP contribution < -0.4 is 8.85 Å². The summed E-state index contributed by atoms with van der Waals surface area (Å²) in [6.07, 6.45) is -5.06. The van der Waals surface area contributed by atoms with Gasteiger partial charge in [-0.05, 0) is 58.3 Å². The molecule has 30 heavy (non-hydrogen) atoms. The van der Waals surface area contributed by atoms with Crippen molar-refractivity contribution in [2.24, 2.45) is 0 Å². The molecule has 0 saturated heterocycles. The first-order chi connectivity index (χ1) is 13.4. The molecule has 0 aliphatic heterocycles. The van der Waals surface area contributed by atoms with E-state index in [0.717, 1.165) is 5.56 Å².